The molecular formula is C34H31N9O13S3. The van der Waals surface area contributed by atoms with E-state index in [1.54, 1.807) is 0 Å². The van der Waals surface area contributed by atoms with E-state index < -0.39 is 104 Å². The minimum atomic E-state index is -5.27. The van der Waals surface area contributed by atoms with E-state index in [0.717, 1.165) is 24.3 Å². The lowest BCUT2D eigenvalue weighted by Gasteiger charge is -2.25. The first-order chi connectivity index (χ1) is 27.6. The molecule has 1 amide bonds. The molecule has 0 fully saturated rings. The van der Waals surface area contributed by atoms with Crippen molar-refractivity contribution in [2.24, 2.45) is 5.73 Å². The maximum atomic E-state index is 14.1. The monoisotopic (exact) mass is 869 g/mol. The predicted molar refractivity (Wildman–Crippen MR) is 209 cm³/mol. The third kappa shape index (κ3) is 9.16. The number of ether oxygens (including phenoxy) is 1. The van der Waals surface area contributed by atoms with Gasteiger partial charge in [-0.3, -0.25) is 33.4 Å². The van der Waals surface area contributed by atoms with Gasteiger partial charge in [-0.15, -0.1) is 0 Å². The highest BCUT2D eigenvalue weighted by Crippen LogP contribution is 2.42. The van der Waals surface area contributed by atoms with Crippen LogP contribution in [0.4, 0.5) is 40.3 Å². The van der Waals surface area contributed by atoms with Crippen LogP contribution in [0.1, 0.15) is 38.8 Å². The summed E-state index contributed by atoms with van der Waals surface area (Å²) in [5.74, 6) is -3.36. The van der Waals surface area contributed by atoms with Crippen LogP contribution in [-0.2, 0) is 35.1 Å². The molecule has 59 heavy (non-hydrogen) atoms. The summed E-state index contributed by atoms with van der Waals surface area (Å²) in [6, 6.07) is 14.3. The summed E-state index contributed by atoms with van der Waals surface area (Å²) in [5, 5.41) is 12.8. The quantitative estimate of drug-likeness (QED) is 0.0560. The number of hydrogen-bond acceptors (Lipinski definition) is 18. The summed E-state index contributed by atoms with van der Waals surface area (Å²) in [6.07, 6.45) is -0.676. The molecule has 1 aromatic heterocycles. The van der Waals surface area contributed by atoms with Gasteiger partial charge in [-0.1, -0.05) is 36.4 Å². The van der Waals surface area contributed by atoms with Crippen molar-refractivity contribution in [3.63, 3.8) is 0 Å². The second-order valence-electron chi connectivity index (χ2n) is 12.4. The number of fused-ring (bicyclic) bond motifs is 2. The highest BCUT2D eigenvalue weighted by molar-refractivity contribution is 7.86. The summed E-state index contributed by atoms with van der Waals surface area (Å²) in [4.78, 5) is 50.7. The SMILES string of the molecule is COc1nc(Nc2ccccc2S(=O)(=O)O)nc(Nc2ccc(Nc3cc(S(=O)(=O)O)c(NC(=O)CNC(C)N)c4c3C(=O)c3ccccc3C4=O)cc2S(=O)(=O)O)n1. The molecule has 0 bridgehead atoms. The number of nitrogens with one attached hydrogen (secondary N) is 5. The molecule has 10 N–H and O–H groups in total. The number of aromatic nitrogens is 3. The van der Waals surface area contributed by atoms with E-state index in [0.29, 0.717) is 0 Å². The zero-order chi connectivity index (χ0) is 43.0. The van der Waals surface area contributed by atoms with Crippen molar-refractivity contribution in [2.75, 3.05) is 34.9 Å². The second-order valence-corrected chi connectivity index (χ2v) is 16.6. The van der Waals surface area contributed by atoms with Crippen molar-refractivity contribution in [3.05, 3.63) is 95.1 Å². The standard InChI is InChI=1S/C34H31N9O13S3/c1-16(35)36-15-26(44)40-29-25(59(53,54)55)14-22(27-28(29)31(46)19-8-4-3-7-18(19)30(27)45)37-17-11-12-21(24(13-17)58(50,51)52)39-33-41-32(42-34(43-33)56-2)38-20-9-5-6-10-23(20)57(47,48)49/h3-14,16,36-37H,15,35H2,1-2H3,(H,40,44)(H,47,48,49)(H,50,51,52)(H,53,54,55)(H2,38,39,41,42,43). The van der Waals surface area contributed by atoms with Crippen LogP contribution in [0.5, 0.6) is 6.01 Å². The summed E-state index contributed by atoms with van der Waals surface area (Å²) in [6.45, 7) is 1.05. The second kappa shape index (κ2) is 16.1. The van der Waals surface area contributed by atoms with Gasteiger partial charge in [0.15, 0.2) is 11.6 Å². The summed E-state index contributed by atoms with van der Waals surface area (Å²) in [7, 11) is -13.9. The number of hydrogen-bond donors (Lipinski definition) is 9. The van der Waals surface area contributed by atoms with E-state index in [1.165, 1.54) is 62.6 Å². The molecule has 1 atom stereocenters. The molecule has 4 aromatic carbocycles. The van der Waals surface area contributed by atoms with E-state index in [1.807, 2.05) is 0 Å². The average Bonchev–Trinajstić information content (AvgIpc) is 3.15. The van der Waals surface area contributed by atoms with Crippen molar-refractivity contribution in [1.29, 1.82) is 0 Å². The van der Waals surface area contributed by atoms with Crippen LogP contribution >= 0.6 is 0 Å². The Morgan fingerprint density at radius 2 is 1.24 bits per heavy atom. The lowest BCUT2D eigenvalue weighted by Crippen LogP contribution is -2.40. The third-order valence-corrected chi connectivity index (χ3v) is 11.0. The average molecular weight is 870 g/mol. The molecule has 0 spiro atoms. The zero-order valence-corrected chi connectivity index (χ0v) is 32.7. The Kier molecular flexibility index (Phi) is 11.5. The van der Waals surface area contributed by atoms with Crippen LogP contribution < -0.4 is 37.1 Å². The van der Waals surface area contributed by atoms with Gasteiger partial charge in [-0.2, -0.15) is 40.2 Å². The Balaban J connectivity index is 1.44. The van der Waals surface area contributed by atoms with E-state index >= 15 is 0 Å². The maximum Gasteiger partial charge on any atom is 0.322 e. The maximum absolute atomic E-state index is 14.1. The van der Waals surface area contributed by atoms with Crippen molar-refractivity contribution in [1.82, 2.24) is 20.3 Å². The Hall–Kier alpha value is -6.45. The number of carbonyl (C=O) groups excluding carboxylic acids is 3. The van der Waals surface area contributed by atoms with Gasteiger partial charge in [-0.25, -0.2) is 0 Å². The van der Waals surface area contributed by atoms with Gasteiger partial charge in [0.05, 0.1) is 53.7 Å². The summed E-state index contributed by atoms with van der Waals surface area (Å²) >= 11 is 0. The molecule has 1 aliphatic carbocycles. The van der Waals surface area contributed by atoms with Gasteiger partial charge < -0.3 is 31.7 Å². The van der Waals surface area contributed by atoms with Crippen LogP contribution in [-0.4, -0.2) is 91.2 Å². The first-order valence-corrected chi connectivity index (χ1v) is 20.9. The normalized spacial score (nSPS) is 13.2. The first kappa shape index (κ1) is 42.2. The molecule has 1 unspecified atom stereocenters. The molecule has 0 radical (unpaired) electrons. The number of ketones is 2. The van der Waals surface area contributed by atoms with Crippen molar-refractivity contribution in [2.45, 2.75) is 27.8 Å². The van der Waals surface area contributed by atoms with Crippen LogP contribution in [0.25, 0.3) is 0 Å². The number of anilines is 7. The molecule has 22 nitrogen and oxygen atoms in total. The van der Waals surface area contributed by atoms with Gasteiger partial charge in [0, 0.05) is 16.8 Å². The zero-order valence-electron chi connectivity index (χ0n) is 30.3. The number of amides is 1. The molecule has 25 heteroatoms. The Morgan fingerprint density at radius 3 is 1.80 bits per heavy atom. The predicted octanol–water partition coefficient (Wildman–Crippen LogP) is 2.46. The lowest BCUT2D eigenvalue weighted by atomic mass is 9.82. The Labute approximate surface area is 334 Å². The van der Waals surface area contributed by atoms with Crippen LogP contribution in [0.15, 0.2) is 87.5 Å². The minimum absolute atomic E-state index is 0.0927. The number of para-hydroxylation sites is 1. The fraction of sp³-hybridized carbons (Fsp3) is 0.118. The number of carbonyl (C=O) groups is 3. The summed E-state index contributed by atoms with van der Waals surface area (Å²) < 4.78 is 110. The highest BCUT2D eigenvalue weighted by atomic mass is 32.2. The van der Waals surface area contributed by atoms with Crippen LogP contribution in [0, 0.1) is 0 Å². The molecule has 308 valence electrons. The fourth-order valence-electron chi connectivity index (χ4n) is 5.80. The molecule has 5 aromatic rings. The minimum Gasteiger partial charge on any atom is -0.467 e. The van der Waals surface area contributed by atoms with Crippen LogP contribution in [0.2, 0.25) is 0 Å². The topological polar surface area (TPSA) is 348 Å². The fourth-order valence-corrected chi connectivity index (χ4v) is 7.80. The number of nitrogens with zero attached hydrogens (tertiary/aromatic N) is 3. The Bertz CT molecular complexity index is 2910. The van der Waals surface area contributed by atoms with E-state index in [2.05, 4.69) is 41.5 Å². The van der Waals surface area contributed by atoms with Crippen molar-refractivity contribution < 1.29 is 58.0 Å². The Morgan fingerprint density at radius 1 is 0.695 bits per heavy atom. The third-order valence-electron chi connectivity index (χ3n) is 8.28. The van der Waals surface area contributed by atoms with Gasteiger partial charge in [0.1, 0.15) is 14.7 Å². The first-order valence-electron chi connectivity index (χ1n) is 16.6. The number of methoxy groups -OCH3 is 1. The molecule has 0 aliphatic heterocycles. The largest absolute Gasteiger partial charge is 0.467 e. The number of rotatable bonds is 14. The van der Waals surface area contributed by atoms with E-state index in [4.69, 9.17) is 10.5 Å². The lowest BCUT2D eigenvalue weighted by molar-refractivity contribution is -0.115. The number of benzene rings is 4. The molecule has 1 aliphatic rings. The van der Waals surface area contributed by atoms with Gasteiger partial charge in [0.25, 0.3) is 30.4 Å². The van der Waals surface area contributed by atoms with E-state index in [9.17, 15) is 53.3 Å². The smallest absolute Gasteiger partial charge is 0.322 e. The number of nitrogens with two attached hydrogens (primary N) is 1. The van der Waals surface area contributed by atoms with Gasteiger partial charge in [-0.05, 0) is 43.3 Å². The van der Waals surface area contributed by atoms with E-state index in [-0.39, 0.29) is 40.1 Å². The molecular weight excluding hydrogens is 839 g/mol. The molecule has 0 saturated heterocycles. The van der Waals surface area contributed by atoms with Gasteiger partial charge in [0.2, 0.25) is 17.8 Å². The molecule has 1 heterocycles. The van der Waals surface area contributed by atoms with Crippen LogP contribution in [0.3, 0.4) is 0 Å². The molecule has 0 saturated carbocycles. The summed E-state index contributed by atoms with van der Waals surface area (Å²) in [5.41, 5.74) is 2.46. The van der Waals surface area contributed by atoms with Crippen molar-refractivity contribution in [3.8, 4) is 6.01 Å². The van der Waals surface area contributed by atoms with Crippen molar-refractivity contribution >= 4 is 88.2 Å². The highest BCUT2D eigenvalue weighted by Gasteiger charge is 2.38. The van der Waals surface area contributed by atoms with Gasteiger partial charge >= 0.3 is 6.01 Å². The molecule has 6 rings (SSSR count).